The van der Waals surface area contributed by atoms with Crippen molar-refractivity contribution >= 4 is 11.6 Å². The van der Waals surface area contributed by atoms with E-state index in [1.807, 2.05) is 24.3 Å². The highest BCUT2D eigenvalue weighted by molar-refractivity contribution is 5.92. The lowest BCUT2D eigenvalue weighted by Gasteiger charge is -2.31. The highest BCUT2D eigenvalue weighted by atomic mass is 16.5. The second-order valence-corrected chi connectivity index (χ2v) is 5.43. The van der Waals surface area contributed by atoms with Crippen LogP contribution >= 0.6 is 0 Å². The molecular formula is C16H25N2O2+. The molecule has 0 bridgehead atoms. The topological polar surface area (TPSA) is 42.8 Å². The van der Waals surface area contributed by atoms with Crippen molar-refractivity contribution in [2.75, 3.05) is 25.5 Å². The summed E-state index contributed by atoms with van der Waals surface area (Å²) in [5, 5.41) is 2.97. The third-order valence-corrected chi connectivity index (χ3v) is 4.14. The summed E-state index contributed by atoms with van der Waals surface area (Å²) in [4.78, 5) is 13.6. The number of ether oxygens (including phenoxy) is 1. The van der Waals surface area contributed by atoms with Crippen molar-refractivity contribution in [1.82, 2.24) is 0 Å². The number of anilines is 1. The lowest BCUT2D eigenvalue weighted by atomic mass is 10.00. The van der Waals surface area contributed by atoms with Crippen molar-refractivity contribution in [2.24, 2.45) is 0 Å². The van der Waals surface area contributed by atoms with Crippen LogP contribution in [0.15, 0.2) is 24.3 Å². The van der Waals surface area contributed by atoms with E-state index in [1.165, 1.54) is 24.2 Å². The largest absolute Gasteiger partial charge is 0.495 e. The summed E-state index contributed by atoms with van der Waals surface area (Å²) in [7, 11) is 1.62. The van der Waals surface area contributed by atoms with E-state index < -0.39 is 0 Å². The van der Waals surface area contributed by atoms with Gasteiger partial charge < -0.3 is 15.0 Å². The first-order valence-electron chi connectivity index (χ1n) is 7.52. The Labute approximate surface area is 121 Å². The molecule has 2 atom stereocenters. The molecular weight excluding hydrogens is 252 g/mol. The van der Waals surface area contributed by atoms with Gasteiger partial charge in [0.15, 0.2) is 6.54 Å². The van der Waals surface area contributed by atoms with E-state index in [-0.39, 0.29) is 5.91 Å². The quantitative estimate of drug-likeness (QED) is 0.856. The van der Waals surface area contributed by atoms with Crippen molar-refractivity contribution in [2.45, 2.75) is 38.6 Å². The number of rotatable bonds is 5. The zero-order chi connectivity index (χ0) is 14.4. The van der Waals surface area contributed by atoms with Gasteiger partial charge in [0.1, 0.15) is 5.75 Å². The number of carbonyl (C=O) groups is 1. The first kappa shape index (κ1) is 14.9. The Morgan fingerprint density at radius 1 is 1.40 bits per heavy atom. The molecule has 0 aromatic heterocycles. The minimum atomic E-state index is 0.0739. The number of para-hydroxylation sites is 2. The molecule has 0 spiro atoms. The summed E-state index contributed by atoms with van der Waals surface area (Å²) in [6, 6.07) is 8.17. The third kappa shape index (κ3) is 3.73. The minimum Gasteiger partial charge on any atom is -0.495 e. The Kier molecular flexibility index (Phi) is 5.41. The van der Waals surface area contributed by atoms with Gasteiger partial charge in [-0.1, -0.05) is 19.1 Å². The van der Waals surface area contributed by atoms with E-state index >= 15 is 0 Å². The molecule has 0 aliphatic carbocycles. The first-order chi connectivity index (χ1) is 9.74. The second-order valence-electron chi connectivity index (χ2n) is 5.43. The van der Waals surface area contributed by atoms with Gasteiger partial charge in [-0.25, -0.2) is 0 Å². The Morgan fingerprint density at radius 3 is 2.95 bits per heavy atom. The maximum atomic E-state index is 12.2. The number of methoxy groups -OCH3 is 1. The van der Waals surface area contributed by atoms with E-state index in [9.17, 15) is 4.79 Å². The fourth-order valence-electron chi connectivity index (χ4n) is 3.03. The molecule has 20 heavy (non-hydrogen) atoms. The van der Waals surface area contributed by atoms with Gasteiger partial charge in [0, 0.05) is 0 Å². The summed E-state index contributed by atoms with van der Waals surface area (Å²) in [5.41, 5.74) is 0.754. The zero-order valence-corrected chi connectivity index (χ0v) is 12.4. The van der Waals surface area contributed by atoms with Gasteiger partial charge >= 0.3 is 0 Å². The van der Waals surface area contributed by atoms with E-state index in [2.05, 4.69) is 12.2 Å². The van der Waals surface area contributed by atoms with Crippen molar-refractivity contribution in [1.29, 1.82) is 0 Å². The molecule has 1 aliphatic heterocycles. The van der Waals surface area contributed by atoms with Crippen LogP contribution in [0.2, 0.25) is 0 Å². The van der Waals surface area contributed by atoms with Gasteiger partial charge in [-0.15, -0.1) is 0 Å². The molecule has 1 aromatic carbocycles. The number of hydrogen-bond acceptors (Lipinski definition) is 2. The predicted molar refractivity (Wildman–Crippen MR) is 80.3 cm³/mol. The molecule has 1 fully saturated rings. The SMILES string of the molecule is CC[C@H]1CCCC[NH+]1CC(=O)Nc1ccccc1OC. The van der Waals surface area contributed by atoms with E-state index in [4.69, 9.17) is 4.74 Å². The number of piperidine rings is 1. The average molecular weight is 277 g/mol. The van der Waals surface area contributed by atoms with Crippen LogP contribution in [-0.4, -0.2) is 32.1 Å². The maximum absolute atomic E-state index is 12.2. The molecule has 1 heterocycles. The Bertz CT molecular complexity index is 448. The molecule has 1 unspecified atom stereocenters. The van der Waals surface area contributed by atoms with Crippen molar-refractivity contribution in [3.8, 4) is 5.75 Å². The standard InChI is InChI=1S/C16H24N2O2/c1-3-13-8-6-7-11-18(13)12-16(19)17-14-9-4-5-10-15(14)20-2/h4-5,9-10,13H,3,6-8,11-12H2,1-2H3,(H,17,19)/p+1/t13-/m0/s1. The predicted octanol–water partition coefficient (Wildman–Crippen LogP) is 1.48. The molecule has 4 nitrogen and oxygen atoms in total. The maximum Gasteiger partial charge on any atom is 0.279 e. The van der Waals surface area contributed by atoms with E-state index in [0.29, 0.717) is 18.3 Å². The van der Waals surface area contributed by atoms with Crippen LogP contribution in [0.25, 0.3) is 0 Å². The lowest BCUT2D eigenvalue weighted by molar-refractivity contribution is -0.923. The molecule has 2 N–H and O–H groups in total. The molecule has 1 amide bonds. The summed E-state index contributed by atoms with van der Waals surface area (Å²) in [6.07, 6.45) is 4.93. The van der Waals surface area contributed by atoms with Gasteiger partial charge in [-0.2, -0.15) is 0 Å². The Balaban J connectivity index is 1.94. The van der Waals surface area contributed by atoms with Gasteiger partial charge in [0.2, 0.25) is 0 Å². The normalized spacial score (nSPS) is 22.3. The number of carbonyl (C=O) groups excluding carboxylic acids is 1. The Hall–Kier alpha value is -1.55. The summed E-state index contributed by atoms with van der Waals surface area (Å²) in [5.74, 6) is 0.784. The smallest absolute Gasteiger partial charge is 0.279 e. The van der Waals surface area contributed by atoms with Gasteiger partial charge in [-0.05, 0) is 37.8 Å². The van der Waals surface area contributed by atoms with Gasteiger partial charge in [0.05, 0.1) is 25.4 Å². The first-order valence-corrected chi connectivity index (χ1v) is 7.52. The monoisotopic (exact) mass is 277 g/mol. The molecule has 1 aromatic rings. The lowest BCUT2D eigenvalue weighted by Crippen LogP contribution is -3.17. The summed E-state index contributed by atoms with van der Waals surface area (Å²) in [6.45, 7) is 3.88. The van der Waals surface area contributed by atoms with Crippen molar-refractivity contribution in [3.63, 3.8) is 0 Å². The van der Waals surface area contributed by atoms with Crippen molar-refractivity contribution in [3.05, 3.63) is 24.3 Å². The zero-order valence-electron chi connectivity index (χ0n) is 12.4. The van der Waals surface area contributed by atoms with Crippen LogP contribution in [0.4, 0.5) is 5.69 Å². The highest BCUT2D eigenvalue weighted by Gasteiger charge is 2.26. The van der Waals surface area contributed by atoms with Crippen LogP contribution in [0.1, 0.15) is 32.6 Å². The number of benzene rings is 1. The minimum absolute atomic E-state index is 0.0739. The number of likely N-dealkylation sites (tertiary alicyclic amines) is 1. The van der Waals surface area contributed by atoms with Crippen molar-refractivity contribution < 1.29 is 14.4 Å². The number of nitrogens with one attached hydrogen (secondary N) is 2. The Morgan fingerprint density at radius 2 is 2.20 bits per heavy atom. The van der Waals surface area contributed by atoms with Crippen LogP contribution < -0.4 is 15.0 Å². The molecule has 1 saturated heterocycles. The molecule has 0 saturated carbocycles. The van der Waals surface area contributed by atoms with E-state index in [0.717, 1.165) is 18.7 Å². The molecule has 0 radical (unpaired) electrons. The molecule has 2 rings (SSSR count). The molecule has 110 valence electrons. The van der Waals surface area contributed by atoms with Gasteiger partial charge in [-0.3, -0.25) is 4.79 Å². The van der Waals surface area contributed by atoms with Crippen LogP contribution in [0.5, 0.6) is 5.75 Å². The number of quaternary nitrogens is 1. The van der Waals surface area contributed by atoms with Crippen LogP contribution in [-0.2, 0) is 4.79 Å². The van der Waals surface area contributed by atoms with E-state index in [1.54, 1.807) is 7.11 Å². The highest BCUT2D eigenvalue weighted by Crippen LogP contribution is 2.22. The summed E-state index contributed by atoms with van der Waals surface area (Å²) >= 11 is 0. The number of amides is 1. The van der Waals surface area contributed by atoms with Crippen LogP contribution in [0, 0.1) is 0 Å². The number of hydrogen-bond donors (Lipinski definition) is 2. The fraction of sp³-hybridized carbons (Fsp3) is 0.562. The second kappa shape index (κ2) is 7.29. The van der Waals surface area contributed by atoms with Crippen LogP contribution in [0.3, 0.4) is 0 Å². The fourth-order valence-corrected chi connectivity index (χ4v) is 3.03. The third-order valence-electron chi connectivity index (χ3n) is 4.14. The molecule has 1 aliphatic rings. The average Bonchev–Trinajstić information content (AvgIpc) is 2.48. The molecule has 4 heteroatoms. The van der Waals surface area contributed by atoms with Gasteiger partial charge in [0.25, 0.3) is 5.91 Å². The summed E-state index contributed by atoms with van der Waals surface area (Å²) < 4.78 is 5.26.